The van der Waals surface area contributed by atoms with E-state index in [2.05, 4.69) is 17.7 Å². The fourth-order valence-corrected chi connectivity index (χ4v) is 5.44. The van der Waals surface area contributed by atoms with E-state index in [1.165, 1.54) is 31.1 Å². The van der Waals surface area contributed by atoms with E-state index >= 15 is 0 Å². The van der Waals surface area contributed by atoms with Crippen LogP contribution in [0.25, 0.3) is 0 Å². The van der Waals surface area contributed by atoms with Crippen LogP contribution in [0.3, 0.4) is 0 Å². The Kier molecular flexibility index (Phi) is 8.58. The lowest BCUT2D eigenvalue weighted by Gasteiger charge is -2.32. The molecule has 5 unspecified atom stereocenters. The number of unbranched alkanes of at least 4 members (excludes halogenated alkanes) is 2. The first-order chi connectivity index (χ1) is 14.5. The molecule has 5 nitrogen and oxygen atoms in total. The predicted octanol–water partition coefficient (Wildman–Crippen LogP) is 4.06. The number of aliphatic hydroxyl groups is 2. The summed E-state index contributed by atoms with van der Waals surface area (Å²) in [6.07, 6.45) is 8.43. The lowest BCUT2D eigenvalue weighted by atomic mass is 9.73. The minimum Gasteiger partial charge on any atom is -0.493 e. The Morgan fingerprint density at radius 1 is 1.23 bits per heavy atom. The molecular weight excluding hydrogens is 380 g/mol. The van der Waals surface area contributed by atoms with E-state index in [1.807, 2.05) is 12.1 Å². The van der Waals surface area contributed by atoms with Crippen molar-refractivity contribution in [1.29, 1.82) is 0 Å². The van der Waals surface area contributed by atoms with Crippen molar-refractivity contribution >= 4 is 5.97 Å². The number of hydrogen-bond donors (Lipinski definition) is 2. The molecule has 0 aliphatic heterocycles. The third kappa shape index (κ3) is 5.76. The summed E-state index contributed by atoms with van der Waals surface area (Å²) in [4.78, 5) is 11.3. The molecule has 2 aliphatic rings. The minimum atomic E-state index is -0.277. The molecule has 168 valence electrons. The maximum absolute atomic E-state index is 11.3. The molecule has 1 aromatic carbocycles. The first-order valence-corrected chi connectivity index (χ1v) is 11.7. The quantitative estimate of drug-likeness (QED) is 0.419. The van der Waals surface area contributed by atoms with Crippen molar-refractivity contribution < 1.29 is 24.5 Å². The van der Waals surface area contributed by atoms with Crippen LogP contribution in [-0.2, 0) is 22.4 Å². The first-order valence-electron chi connectivity index (χ1n) is 11.7. The predicted molar refractivity (Wildman–Crippen MR) is 116 cm³/mol. The number of ether oxygens (including phenoxy) is 2. The molecule has 0 bridgehead atoms. The van der Waals surface area contributed by atoms with E-state index in [9.17, 15) is 15.0 Å². The second-order valence-corrected chi connectivity index (χ2v) is 9.09. The van der Waals surface area contributed by atoms with Crippen molar-refractivity contribution in [2.45, 2.75) is 83.3 Å². The van der Waals surface area contributed by atoms with Gasteiger partial charge in [0.15, 0.2) is 0 Å². The van der Waals surface area contributed by atoms with Gasteiger partial charge in [0.05, 0.1) is 32.3 Å². The molecule has 0 radical (unpaired) electrons. The summed E-state index contributed by atoms with van der Waals surface area (Å²) in [5.41, 5.74) is 2.53. The van der Waals surface area contributed by atoms with Gasteiger partial charge in [0, 0.05) is 0 Å². The summed E-state index contributed by atoms with van der Waals surface area (Å²) >= 11 is 0. The Morgan fingerprint density at radius 2 is 2.07 bits per heavy atom. The maximum Gasteiger partial charge on any atom is 0.308 e. The number of carbonyl (C=O) groups is 1. The number of fused-ring (bicyclic) bond motifs is 2. The Morgan fingerprint density at radius 3 is 2.83 bits per heavy atom. The molecule has 30 heavy (non-hydrogen) atoms. The van der Waals surface area contributed by atoms with Gasteiger partial charge in [0.1, 0.15) is 5.75 Å². The minimum absolute atomic E-state index is 0.242. The van der Waals surface area contributed by atoms with Crippen LogP contribution < -0.4 is 4.74 Å². The number of hydrogen-bond acceptors (Lipinski definition) is 5. The molecule has 2 N–H and O–H groups in total. The van der Waals surface area contributed by atoms with E-state index in [1.54, 1.807) is 0 Å². The van der Waals surface area contributed by atoms with Crippen LogP contribution in [0.15, 0.2) is 18.2 Å². The van der Waals surface area contributed by atoms with Gasteiger partial charge in [-0.3, -0.25) is 4.79 Å². The fourth-order valence-electron chi connectivity index (χ4n) is 5.44. The Labute approximate surface area is 180 Å². The highest BCUT2D eigenvalue weighted by Gasteiger charge is 2.44. The van der Waals surface area contributed by atoms with Crippen LogP contribution in [0.1, 0.15) is 69.4 Å². The highest BCUT2D eigenvalue weighted by molar-refractivity contribution is 5.69. The Bertz CT molecular complexity index is 688. The van der Waals surface area contributed by atoms with Crippen LogP contribution in [0.5, 0.6) is 5.75 Å². The molecule has 1 saturated carbocycles. The summed E-state index contributed by atoms with van der Waals surface area (Å²) in [7, 11) is 1.39. The zero-order valence-corrected chi connectivity index (χ0v) is 18.5. The lowest BCUT2D eigenvalue weighted by molar-refractivity contribution is -0.141. The Balaban J connectivity index is 1.59. The van der Waals surface area contributed by atoms with Crippen LogP contribution in [-0.4, -0.2) is 42.1 Å². The first kappa shape index (κ1) is 23.1. The molecule has 5 heteroatoms. The molecule has 1 aromatic rings. The van der Waals surface area contributed by atoms with Crippen LogP contribution >= 0.6 is 0 Å². The van der Waals surface area contributed by atoms with Crippen molar-refractivity contribution in [3.8, 4) is 5.75 Å². The van der Waals surface area contributed by atoms with Crippen molar-refractivity contribution in [2.24, 2.45) is 17.8 Å². The van der Waals surface area contributed by atoms with E-state index in [0.717, 1.165) is 50.7 Å². The van der Waals surface area contributed by atoms with Gasteiger partial charge in [-0.25, -0.2) is 0 Å². The topological polar surface area (TPSA) is 76.0 Å². The molecule has 1 fully saturated rings. The summed E-state index contributed by atoms with van der Waals surface area (Å²) in [5.74, 6) is 1.80. The van der Waals surface area contributed by atoms with Gasteiger partial charge in [0.2, 0.25) is 0 Å². The van der Waals surface area contributed by atoms with Crippen molar-refractivity contribution in [3.05, 3.63) is 29.3 Å². The smallest absolute Gasteiger partial charge is 0.308 e. The summed E-state index contributed by atoms with van der Waals surface area (Å²) in [5, 5.41) is 21.1. The zero-order chi connectivity index (χ0) is 21.5. The van der Waals surface area contributed by atoms with Crippen LogP contribution in [0.2, 0.25) is 0 Å². The van der Waals surface area contributed by atoms with Gasteiger partial charge in [-0.2, -0.15) is 0 Å². The van der Waals surface area contributed by atoms with Crippen molar-refractivity contribution in [1.82, 2.24) is 0 Å². The molecule has 5 atom stereocenters. The van der Waals surface area contributed by atoms with Gasteiger partial charge >= 0.3 is 5.97 Å². The summed E-state index contributed by atoms with van der Waals surface area (Å²) in [6.45, 7) is 2.50. The van der Waals surface area contributed by atoms with Gasteiger partial charge in [-0.05, 0) is 73.5 Å². The molecule has 0 aromatic heterocycles. The average Bonchev–Trinajstić information content (AvgIpc) is 3.04. The monoisotopic (exact) mass is 418 g/mol. The molecule has 0 spiro atoms. The molecular formula is C25H38O5. The molecule has 0 heterocycles. The van der Waals surface area contributed by atoms with Crippen LogP contribution in [0, 0.1) is 17.8 Å². The van der Waals surface area contributed by atoms with E-state index in [0.29, 0.717) is 18.4 Å². The SMILES string of the molecule is CCCCCC(O)CCC1C(O)CC2Cc3c(cccc3OCCC(=O)OC)CC21. The van der Waals surface area contributed by atoms with Gasteiger partial charge < -0.3 is 19.7 Å². The van der Waals surface area contributed by atoms with Crippen molar-refractivity contribution in [2.75, 3.05) is 13.7 Å². The molecule has 2 aliphatic carbocycles. The highest BCUT2D eigenvalue weighted by Crippen LogP contribution is 2.48. The van der Waals surface area contributed by atoms with Gasteiger partial charge in [0.25, 0.3) is 0 Å². The van der Waals surface area contributed by atoms with Gasteiger partial charge in [-0.15, -0.1) is 0 Å². The second kappa shape index (κ2) is 11.1. The third-order valence-corrected chi connectivity index (χ3v) is 7.11. The average molecular weight is 419 g/mol. The second-order valence-electron chi connectivity index (χ2n) is 9.09. The number of esters is 1. The lowest BCUT2D eigenvalue weighted by Crippen LogP contribution is -2.28. The standard InChI is InChI=1S/C25H38O5/c1-3-4-5-8-19(26)10-11-20-21-14-17-7-6-9-24(30-13-12-25(28)29-2)22(17)15-18(21)16-23(20)27/h6-7,9,18-21,23,26-27H,3-5,8,10-16H2,1-2H3. The maximum atomic E-state index is 11.3. The van der Waals surface area contributed by atoms with Crippen LogP contribution in [0.4, 0.5) is 0 Å². The third-order valence-electron chi connectivity index (χ3n) is 7.11. The largest absolute Gasteiger partial charge is 0.493 e. The molecule has 0 amide bonds. The number of benzene rings is 1. The fraction of sp³-hybridized carbons (Fsp3) is 0.720. The Hall–Kier alpha value is -1.59. The summed E-state index contributed by atoms with van der Waals surface area (Å²) < 4.78 is 10.6. The summed E-state index contributed by atoms with van der Waals surface area (Å²) in [6, 6.07) is 6.16. The number of aliphatic hydroxyl groups excluding tert-OH is 2. The number of rotatable bonds is 11. The zero-order valence-electron chi connectivity index (χ0n) is 18.5. The van der Waals surface area contributed by atoms with E-state index in [4.69, 9.17) is 4.74 Å². The molecule has 0 saturated heterocycles. The molecule has 3 rings (SSSR count). The normalized spacial score (nSPS) is 26.0. The number of methoxy groups -OCH3 is 1. The van der Waals surface area contributed by atoms with E-state index < -0.39 is 0 Å². The van der Waals surface area contributed by atoms with Crippen molar-refractivity contribution in [3.63, 3.8) is 0 Å². The highest BCUT2D eigenvalue weighted by atomic mass is 16.5. The number of carbonyl (C=O) groups excluding carboxylic acids is 1. The van der Waals surface area contributed by atoms with E-state index in [-0.39, 0.29) is 30.5 Å². The van der Waals surface area contributed by atoms with Gasteiger partial charge in [-0.1, -0.05) is 38.3 Å².